The van der Waals surface area contributed by atoms with E-state index in [9.17, 15) is 9.00 Å². The highest BCUT2D eigenvalue weighted by Gasteiger charge is 2.11. The first-order valence-electron chi connectivity index (χ1n) is 4.49. The molecule has 1 unspecified atom stereocenters. The van der Waals surface area contributed by atoms with E-state index in [0.29, 0.717) is 5.56 Å². The molecule has 15 heavy (non-hydrogen) atoms. The van der Waals surface area contributed by atoms with Gasteiger partial charge in [0.1, 0.15) is 0 Å². The van der Waals surface area contributed by atoms with Gasteiger partial charge in [-0.1, -0.05) is 19.1 Å². The molecule has 0 saturated heterocycles. The van der Waals surface area contributed by atoms with E-state index in [1.807, 2.05) is 6.92 Å². The Morgan fingerprint density at radius 3 is 2.60 bits per heavy atom. The Morgan fingerprint density at radius 1 is 1.47 bits per heavy atom. The van der Waals surface area contributed by atoms with Crippen LogP contribution >= 0.6 is 0 Å². The zero-order valence-electron chi connectivity index (χ0n) is 8.27. The van der Waals surface area contributed by atoms with E-state index < -0.39 is 17.0 Å². The topological polar surface area (TPSA) is 74.6 Å². The Balaban J connectivity index is 3.16. The summed E-state index contributed by atoms with van der Waals surface area (Å²) >= 11 is -2.13. The van der Waals surface area contributed by atoms with E-state index in [2.05, 4.69) is 0 Å². The van der Waals surface area contributed by atoms with Crippen molar-refractivity contribution in [3.05, 3.63) is 29.3 Å². The zero-order valence-corrected chi connectivity index (χ0v) is 9.08. The van der Waals surface area contributed by atoms with Crippen LogP contribution in [0, 0.1) is 0 Å². The number of carboxylic acids is 1. The van der Waals surface area contributed by atoms with Gasteiger partial charge in [0.15, 0.2) is 11.1 Å². The molecule has 4 nitrogen and oxygen atoms in total. The quantitative estimate of drug-likeness (QED) is 0.765. The van der Waals surface area contributed by atoms with Crippen molar-refractivity contribution in [2.24, 2.45) is 0 Å². The number of rotatable bonds is 4. The minimum Gasteiger partial charge on any atom is -0.481 e. The average Bonchev–Trinajstić information content (AvgIpc) is 2.16. The van der Waals surface area contributed by atoms with E-state index in [4.69, 9.17) is 9.66 Å². The lowest BCUT2D eigenvalue weighted by atomic mass is 10.1. The molecule has 1 rings (SSSR count). The summed E-state index contributed by atoms with van der Waals surface area (Å²) in [6, 6.07) is 4.90. The number of aryl methyl sites for hydroxylation is 1. The van der Waals surface area contributed by atoms with Gasteiger partial charge >= 0.3 is 5.97 Å². The highest BCUT2D eigenvalue weighted by atomic mass is 32.2. The van der Waals surface area contributed by atoms with Crippen molar-refractivity contribution in [2.75, 3.05) is 0 Å². The van der Waals surface area contributed by atoms with Crippen LogP contribution in [0.5, 0.6) is 0 Å². The van der Waals surface area contributed by atoms with Gasteiger partial charge in [0.2, 0.25) is 0 Å². The maximum atomic E-state index is 10.9. The van der Waals surface area contributed by atoms with E-state index in [1.54, 1.807) is 12.1 Å². The molecule has 1 aromatic carbocycles. The number of carbonyl (C=O) groups is 1. The van der Waals surface area contributed by atoms with Crippen LogP contribution in [0.2, 0.25) is 0 Å². The van der Waals surface area contributed by atoms with E-state index in [0.717, 1.165) is 12.0 Å². The number of carboxylic acid groups (broad SMARTS) is 1. The second-order valence-electron chi connectivity index (χ2n) is 3.12. The third-order valence-corrected chi connectivity index (χ3v) is 2.84. The van der Waals surface area contributed by atoms with Gasteiger partial charge in [-0.05, 0) is 23.6 Å². The number of hydrogen-bond donors (Lipinski definition) is 2. The summed E-state index contributed by atoms with van der Waals surface area (Å²) in [6.07, 6.45) is 0.542. The zero-order chi connectivity index (χ0) is 11.4. The van der Waals surface area contributed by atoms with E-state index >= 15 is 0 Å². The molecule has 82 valence electrons. The molecule has 5 heteroatoms. The SMILES string of the molecule is CCc1ccc(S(=O)O)c(CC(=O)O)c1. The van der Waals surface area contributed by atoms with Crippen LogP contribution in [0.25, 0.3) is 0 Å². The predicted molar refractivity (Wildman–Crippen MR) is 56.2 cm³/mol. The van der Waals surface area contributed by atoms with Crippen LogP contribution in [-0.4, -0.2) is 19.8 Å². The van der Waals surface area contributed by atoms with Crippen LogP contribution in [0.1, 0.15) is 18.1 Å². The lowest BCUT2D eigenvalue weighted by molar-refractivity contribution is -0.136. The summed E-state index contributed by atoms with van der Waals surface area (Å²) in [5, 5.41) is 8.66. The van der Waals surface area contributed by atoms with Crippen LogP contribution in [0.15, 0.2) is 23.1 Å². The minimum atomic E-state index is -2.13. The predicted octanol–water partition coefficient (Wildman–Crippen LogP) is 1.46. The van der Waals surface area contributed by atoms with Crippen molar-refractivity contribution in [1.82, 2.24) is 0 Å². The molecule has 0 aliphatic rings. The molecule has 2 N–H and O–H groups in total. The van der Waals surface area contributed by atoms with Gasteiger partial charge in [-0.15, -0.1) is 0 Å². The highest BCUT2D eigenvalue weighted by molar-refractivity contribution is 7.79. The molecule has 0 amide bonds. The number of benzene rings is 1. The maximum absolute atomic E-state index is 10.9. The standard InChI is InChI=1S/C10H12O4S/c1-2-7-3-4-9(15(13)14)8(5-7)6-10(11)12/h3-5H,2,6H2,1H3,(H,11,12)(H,13,14). The van der Waals surface area contributed by atoms with Crippen molar-refractivity contribution in [3.8, 4) is 0 Å². The fourth-order valence-electron chi connectivity index (χ4n) is 1.32. The third-order valence-electron chi connectivity index (χ3n) is 2.06. The van der Waals surface area contributed by atoms with Crippen LogP contribution in [0.4, 0.5) is 0 Å². The lowest BCUT2D eigenvalue weighted by Gasteiger charge is -2.06. The van der Waals surface area contributed by atoms with Crippen LogP contribution in [0.3, 0.4) is 0 Å². The number of aliphatic carboxylic acids is 1. The van der Waals surface area contributed by atoms with Gasteiger partial charge < -0.3 is 9.66 Å². The van der Waals surface area contributed by atoms with Crippen molar-refractivity contribution in [1.29, 1.82) is 0 Å². The summed E-state index contributed by atoms with van der Waals surface area (Å²) < 4.78 is 19.9. The molecule has 0 saturated carbocycles. The fourth-order valence-corrected chi connectivity index (χ4v) is 1.86. The monoisotopic (exact) mass is 228 g/mol. The van der Waals surface area contributed by atoms with Crippen LogP contribution < -0.4 is 0 Å². The first-order valence-corrected chi connectivity index (χ1v) is 5.59. The van der Waals surface area contributed by atoms with E-state index in [-0.39, 0.29) is 11.3 Å². The molecular weight excluding hydrogens is 216 g/mol. The Labute approximate surface area is 90.2 Å². The second-order valence-corrected chi connectivity index (χ2v) is 4.05. The molecule has 0 aliphatic carbocycles. The van der Waals surface area contributed by atoms with Crippen molar-refractivity contribution >= 4 is 17.0 Å². The smallest absolute Gasteiger partial charge is 0.307 e. The molecule has 0 aromatic heterocycles. The van der Waals surface area contributed by atoms with Gasteiger partial charge in [-0.2, -0.15) is 0 Å². The fraction of sp³-hybridized carbons (Fsp3) is 0.300. The first kappa shape index (κ1) is 11.9. The molecule has 0 fully saturated rings. The Hall–Kier alpha value is -1.20. The molecule has 1 atom stereocenters. The van der Waals surface area contributed by atoms with Gasteiger partial charge in [0.05, 0.1) is 11.3 Å². The Bertz CT molecular complexity index is 400. The lowest BCUT2D eigenvalue weighted by Crippen LogP contribution is -2.05. The van der Waals surface area contributed by atoms with Crippen molar-refractivity contribution in [2.45, 2.75) is 24.7 Å². The summed E-state index contributed by atoms with van der Waals surface area (Å²) in [4.78, 5) is 10.7. The minimum absolute atomic E-state index is 0.176. The highest BCUT2D eigenvalue weighted by Crippen LogP contribution is 2.16. The van der Waals surface area contributed by atoms with Gasteiger partial charge in [-0.3, -0.25) is 4.79 Å². The first-order chi connectivity index (χ1) is 7.04. The molecule has 0 radical (unpaired) electrons. The van der Waals surface area contributed by atoms with Gasteiger partial charge in [0, 0.05) is 0 Å². The Morgan fingerprint density at radius 2 is 2.13 bits per heavy atom. The molecule has 0 spiro atoms. The number of hydrogen-bond acceptors (Lipinski definition) is 2. The summed E-state index contributed by atoms with van der Waals surface area (Å²) in [7, 11) is 0. The summed E-state index contributed by atoms with van der Waals surface area (Å²) in [5.41, 5.74) is 1.36. The van der Waals surface area contributed by atoms with Crippen molar-refractivity contribution < 1.29 is 18.7 Å². The maximum Gasteiger partial charge on any atom is 0.307 e. The largest absolute Gasteiger partial charge is 0.481 e. The van der Waals surface area contributed by atoms with Crippen LogP contribution in [-0.2, 0) is 28.7 Å². The summed E-state index contributed by atoms with van der Waals surface area (Å²) in [6.45, 7) is 1.94. The van der Waals surface area contributed by atoms with E-state index in [1.165, 1.54) is 6.07 Å². The Kier molecular flexibility index (Phi) is 3.99. The molecule has 0 bridgehead atoms. The molecule has 0 heterocycles. The van der Waals surface area contributed by atoms with Crippen molar-refractivity contribution in [3.63, 3.8) is 0 Å². The molecule has 1 aromatic rings. The van der Waals surface area contributed by atoms with Gasteiger partial charge in [0.25, 0.3) is 0 Å². The molecule has 0 aliphatic heterocycles. The van der Waals surface area contributed by atoms with Gasteiger partial charge in [-0.25, -0.2) is 4.21 Å². The summed E-state index contributed by atoms with van der Waals surface area (Å²) in [5.74, 6) is -1.00. The normalized spacial score (nSPS) is 12.4. The molecular formula is C10H12O4S. The second kappa shape index (κ2) is 5.04. The average molecular weight is 228 g/mol. The third kappa shape index (κ3) is 3.14.